The van der Waals surface area contributed by atoms with Crippen molar-refractivity contribution in [1.29, 1.82) is 5.26 Å². The number of anilines is 1. The standard InChI is InChI=1S/C17H15BrN4S/c1-11-10-23-15(22-11)6-3-7-20-17-16-12(8-19)4-2-5-13(16)14(18)9-21-17/h2,4-5,9-10H,3,6-7H2,1H3,(H,20,21). The monoisotopic (exact) mass is 386 g/mol. The zero-order valence-electron chi connectivity index (χ0n) is 12.6. The van der Waals surface area contributed by atoms with Crippen LogP contribution in [-0.2, 0) is 6.42 Å². The number of fused-ring (bicyclic) bond motifs is 1. The van der Waals surface area contributed by atoms with Crippen molar-refractivity contribution in [3.05, 3.63) is 50.5 Å². The molecule has 0 aliphatic carbocycles. The van der Waals surface area contributed by atoms with E-state index in [0.717, 1.165) is 51.2 Å². The molecule has 23 heavy (non-hydrogen) atoms. The molecule has 0 saturated heterocycles. The second-order valence-electron chi connectivity index (χ2n) is 5.21. The van der Waals surface area contributed by atoms with Crippen molar-refractivity contribution in [2.45, 2.75) is 19.8 Å². The van der Waals surface area contributed by atoms with Crippen LogP contribution in [0.5, 0.6) is 0 Å². The van der Waals surface area contributed by atoms with Crippen LogP contribution in [0.3, 0.4) is 0 Å². The lowest BCUT2D eigenvalue weighted by molar-refractivity contribution is 0.849. The molecule has 0 aliphatic rings. The molecule has 1 aromatic carbocycles. The Morgan fingerprint density at radius 1 is 1.39 bits per heavy atom. The van der Waals surface area contributed by atoms with Gasteiger partial charge in [0.05, 0.1) is 16.6 Å². The van der Waals surface area contributed by atoms with Crippen LogP contribution in [0, 0.1) is 18.3 Å². The van der Waals surface area contributed by atoms with E-state index in [-0.39, 0.29) is 0 Å². The maximum atomic E-state index is 9.35. The summed E-state index contributed by atoms with van der Waals surface area (Å²) in [6.45, 7) is 2.81. The maximum Gasteiger partial charge on any atom is 0.135 e. The van der Waals surface area contributed by atoms with Gasteiger partial charge in [0.1, 0.15) is 5.82 Å². The second kappa shape index (κ2) is 7.07. The lowest BCUT2D eigenvalue weighted by atomic mass is 10.1. The number of aromatic nitrogens is 2. The maximum absolute atomic E-state index is 9.35. The fraction of sp³-hybridized carbons (Fsp3) is 0.235. The molecule has 2 heterocycles. The molecule has 1 N–H and O–H groups in total. The summed E-state index contributed by atoms with van der Waals surface area (Å²) in [7, 11) is 0. The Labute approximate surface area is 147 Å². The van der Waals surface area contributed by atoms with Crippen LogP contribution in [-0.4, -0.2) is 16.5 Å². The van der Waals surface area contributed by atoms with Gasteiger partial charge in [-0.15, -0.1) is 11.3 Å². The summed E-state index contributed by atoms with van der Waals surface area (Å²) in [5, 5.41) is 17.8. The van der Waals surface area contributed by atoms with Gasteiger partial charge in [-0.2, -0.15) is 5.26 Å². The molecule has 2 aromatic heterocycles. The number of aryl methyl sites for hydroxylation is 2. The van der Waals surface area contributed by atoms with E-state index in [4.69, 9.17) is 0 Å². The van der Waals surface area contributed by atoms with Gasteiger partial charge >= 0.3 is 0 Å². The summed E-state index contributed by atoms with van der Waals surface area (Å²) in [6, 6.07) is 7.95. The molecule has 0 amide bonds. The minimum Gasteiger partial charge on any atom is -0.370 e. The number of thiazole rings is 1. The summed E-state index contributed by atoms with van der Waals surface area (Å²) in [4.78, 5) is 8.91. The Bertz CT molecular complexity index is 882. The number of nitrogens with one attached hydrogen (secondary N) is 1. The van der Waals surface area contributed by atoms with Crippen LogP contribution in [0.25, 0.3) is 10.8 Å². The van der Waals surface area contributed by atoms with E-state index < -0.39 is 0 Å². The Balaban J connectivity index is 1.75. The summed E-state index contributed by atoms with van der Waals surface area (Å²) < 4.78 is 0.897. The number of hydrogen-bond acceptors (Lipinski definition) is 5. The van der Waals surface area contributed by atoms with Crippen LogP contribution < -0.4 is 5.32 Å². The normalized spacial score (nSPS) is 10.7. The Hall–Kier alpha value is -1.97. The third-order valence-electron chi connectivity index (χ3n) is 3.51. The first-order valence-electron chi connectivity index (χ1n) is 7.31. The van der Waals surface area contributed by atoms with Gasteiger partial charge < -0.3 is 5.32 Å². The van der Waals surface area contributed by atoms with Crippen LogP contribution in [0.2, 0.25) is 0 Å². The van der Waals surface area contributed by atoms with Crippen LogP contribution in [0.15, 0.2) is 34.2 Å². The van der Waals surface area contributed by atoms with Crippen molar-refractivity contribution in [2.24, 2.45) is 0 Å². The third kappa shape index (κ3) is 3.52. The fourth-order valence-corrected chi connectivity index (χ4v) is 3.70. The smallest absolute Gasteiger partial charge is 0.135 e. The minimum atomic E-state index is 0.634. The summed E-state index contributed by atoms with van der Waals surface area (Å²) in [5.41, 5.74) is 1.71. The Morgan fingerprint density at radius 3 is 3.00 bits per heavy atom. The molecule has 0 saturated carbocycles. The van der Waals surface area contributed by atoms with Crippen molar-refractivity contribution >= 4 is 43.9 Å². The molecular formula is C17H15BrN4S. The van der Waals surface area contributed by atoms with Crippen molar-refractivity contribution in [3.8, 4) is 6.07 Å². The quantitative estimate of drug-likeness (QED) is 0.646. The lowest BCUT2D eigenvalue weighted by Gasteiger charge is -2.10. The number of halogens is 1. The van der Waals surface area contributed by atoms with Gasteiger partial charge in [0, 0.05) is 45.5 Å². The molecule has 3 aromatic rings. The van der Waals surface area contributed by atoms with Gasteiger partial charge in [-0.25, -0.2) is 9.97 Å². The summed E-state index contributed by atoms with van der Waals surface area (Å²) >= 11 is 5.21. The SMILES string of the molecule is Cc1csc(CCCNc2ncc(Br)c3cccc(C#N)c23)n1. The molecule has 0 radical (unpaired) electrons. The van der Waals surface area contributed by atoms with Crippen LogP contribution >= 0.6 is 27.3 Å². The first-order chi connectivity index (χ1) is 11.2. The molecule has 4 nitrogen and oxygen atoms in total. The van der Waals surface area contributed by atoms with E-state index in [2.05, 4.69) is 42.7 Å². The van der Waals surface area contributed by atoms with Crippen LogP contribution in [0.1, 0.15) is 22.7 Å². The Morgan fingerprint density at radius 2 is 2.26 bits per heavy atom. The highest BCUT2D eigenvalue weighted by molar-refractivity contribution is 9.10. The molecule has 3 rings (SSSR count). The number of rotatable bonds is 5. The van der Waals surface area contributed by atoms with Gasteiger partial charge in [0.25, 0.3) is 0 Å². The second-order valence-corrected chi connectivity index (χ2v) is 7.00. The Kier molecular flexibility index (Phi) is 4.89. The van der Waals surface area contributed by atoms with Crippen molar-refractivity contribution < 1.29 is 0 Å². The predicted molar refractivity (Wildman–Crippen MR) is 97.8 cm³/mol. The van der Waals surface area contributed by atoms with E-state index in [9.17, 15) is 5.26 Å². The highest BCUT2D eigenvalue weighted by Gasteiger charge is 2.10. The number of nitrogens with zero attached hydrogens (tertiary/aromatic N) is 3. The molecule has 0 unspecified atom stereocenters. The lowest BCUT2D eigenvalue weighted by Crippen LogP contribution is -2.06. The molecule has 0 bridgehead atoms. The highest BCUT2D eigenvalue weighted by atomic mass is 79.9. The molecule has 6 heteroatoms. The van der Waals surface area contributed by atoms with E-state index in [1.165, 1.54) is 0 Å². The van der Waals surface area contributed by atoms with E-state index in [1.807, 2.05) is 25.1 Å². The first kappa shape index (κ1) is 15.9. The largest absolute Gasteiger partial charge is 0.370 e. The predicted octanol–water partition coefficient (Wildman–Crippen LogP) is 4.68. The summed E-state index contributed by atoms with van der Waals surface area (Å²) in [5.74, 6) is 0.760. The van der Waals surface area contributed by atoms with Gasteiger partial charge in [0.15, 0.2) is 0 Å². The van der Waals surface area contributed by atoms with Crippen LogP contribution in [0.4, 0.5) is 5.82 Å². The van der Waals surface area contributed by atoms with Crippen molar-refractivity contribution in [3.63, 3.8) is 0 Å². The topological polar surface area (TPSA) is 61.6 Å². The third-order valence-corrected chi connectivity index (χ3v) is 5.17. The minimum absolute atomic E-state index is 0.634. The number of nitriles is 1. The van der Waals surface area contributed by atoms with Crippen molar-refractivity contribution in [1.82, 2.24) is 9.97 Å². The van der Waals surface area contributed by atoms with Gasteiger partial charge in [0.2, 0.25) is 0 Å². The zero-order valence-corrected chi connectivity index (χ0v) is 15.0. The average molecular weight is 387 g/mol. The number of benzene rings is 1. The van der Waals surface area contributed by atoms with E-state index in [0.29, 0.717) is 5.56 Å². The number of pyridine rings is 1. The molecule has 0 atom stereocenters. The molecule has 0 spiro atoms. The zero-order chi connectivity index (χ0) is 16.2. The summed E-state index contributed by atoms with van der Waals surface area (Å²) in [6.07, 6.45) is 3.70. The molecule has 0 aliphatic heterocycles. The first-order valence-corrected chi connectivity index (χ1v) is 8.98. The average Bonchev–Trinajstić information content (AvgIpc) is 2.98. The van der Waals surface area contributed by atoms with E-state index >= 15 is 0 Å². The molecule has 0 fully saturated rings. The van der Waals surface area contributed by atoms with Crippen molar-refractivity contribution in [2.75, 3.05) is 11.9 Å². The van der Waals surface area contributed by atoms with E-state index in [1.54, 1.807) is 17.5 Å². The van der Waals surface area contributed by atoms with Gasteiger partial charge in [-0.05, 0) is 35.3 Å². The molecular weight excluding hydrogens is 372 g/mol. The highest BCUT2D eigenvalue weighted by Crippen LogP contribution is 2.30. The fourth-order valence-electron chi connectivity index (χ4n) is 2.45. The van der Waals surface area contributed by atoms with Gasteiger partial charge in [-0.3, -0.25) is 0 Å². The molecule has 116 valence electrons. The van der Waals surface area contributed by atoms with Gasteiger partial charge in [-0.1, -0.05) is 12.1 Å². The number of hydrogen-bond donors (Lipinski definition) is 1.